The predicted octanol–water partition coefficient (Wildman–Crippen LogP) is 0.780. The number of rotatable bonds is 4. The third kappa shape index (κ3) is 5.79. The van der Waals surface area contributed by atoms with Gasteiger partial charge in [-0.05, 0) is 0 Å². The minimum Gasteiger partial charge on any atom is -0.451 e. The van der Waals surface area contributed by atoms with Crippen molar-refractivity contribution in [3.8, 4) is 0 Å². The molecule has 0 aromatic carbocycles. The van der Waals surface area contributed by atoms with Gasteiger partial charge in [-0.3, -0.25) is 9.79 Å². The number of thiocarbonyl (C=S) groups is 1. The van der Waals surface area contributed by atoms with Crippen molar-refractivity contribution >= 4 is 39.2 Å². The fraction of sp³-hybridized carbons (Fsp3) is 0.400. The van der Waals surface area contributed by atoms with Gasteiger partial charge in [-0.2, -0.15) is 0 Å². The zero-order chi connectivity index (χ0) is 7.82. The average Bonchev–Trinajstić information content (AvgIpc) is 1.98. The topological polar surface area (TPSA) is 38.7 Å². The van der Waals surface area contributed by atoms with Crippen molar-refractivity contribution in [1.82, 2.24) is 0 Å². The molecular formula is C5H8NO2PS. The van der Waals surface area contributed by atoms with Crippen molar-refractivity contribution in [2.24, 2.45) is 4.99 Å². The molecule has 0 bridgehead atoms. The summed E-state index contributed by atoms with van der Waals surface area (Å²) in [5.74, 6) is -0.286. The van der Waals surface area contributed by atoms with Crippen LogP contribution in [0.2, 0.25) is 0 Å². The van der Waals surface area contributed by atoms with Crippen LogP contribution >= 0.6 is 21.7 Å². The fourth-order valence-electron chi connectivity index (χ4n) is 0.332. The van der Waals surface area contributed by atoms with Crippen molar-refractivity contribution in [2.75, 3.05) is 6.54 Å². The predicted molar refractivity (Wildman–Crippen MR) is 47.4 cm³/mol. The zero-order valence-corrected chi connectivity index (χ0v) is 7.29. The van der Waals surface area contributed by atoms with E-state index >= 15 is 0 Å². The van der Waals surface area contributed by atoms with Gasteiger partial charge in [-0.1, -0.05) is 12.2 Å². The Labute approximate surface area is 67.1 Å². The molecule has 56 valence electrons. The minimum absolute atomic E-state index is 0.286. The SMILES string of the molecule is O=C(CCN=CC=S)OP. The monoisotopic (exact) mass is 177 g/mol. The number of aliphatic imine (C=N–C) groups is 1. The molecule has 3 nitrogen and oxygen atoms in total. The van der Waals surface area contributed by atoms with Crippen LogP contribution < -0.4 is 0 Å². The maximum atomic E-state index is 10.4. The molecule has 0 radical (unpaired) electrons. The average molecular weight is 177 g/mol. The molecule has 1 atom stereocenters. The highest BCUT2D eigenvalue weighted by Crippen LogP contribution is 1.91. The van der Waals surface area contributed by atoms with E-state index in [0.29, 0.717) is 13.0 Å². The molecule has 0 aliphatic heterocycles. The smallest absolute Gasteiger partial charge is 0.309 e. The molecule has 0 spiro atoms. The molecule has 0 saturated carbocycles. The van der Waals surface area contributed by atoms with Gasteiger partial charge in [0.15, 0.2) is 0 Å². The first-order valence-corrected chi connectivity index (χ1v) is 3.58. The van der Waals surface area contributed by atoms with E-state index in [9.17, 15) is 4.79 Å². The molecular weight excluding hydrogens is 169 g/mol. The van der Waals surface area contributed by atoms with Crippen LogP contribution in [0, 0.1) is 0 Å². The van der Waals surface area contributed by atoms with E-state index in [1.54, 1.807) is 0 Å². The normalized spacial score (nSPS) is 9.70. The highest BCUT2D eigenvalue weighted by Gasteiger charge is 1.95. The van der Waals surface area contributed by atoms with E-state index in [-0.39, 0.29) is 5.97 Å². The van der Waals surface area contributed by atoms with E-state index in [2.05, 4.69) is 21.7 Å². The summed E-state index contributed by atoms with van der Waals surface area (Å²) < 4.78 is 4.30. The number of hydrogen-bond acceptors (Lipinski definition) is 4. The summed E-state index contributed by atoms with van der Waals surface area (Å²) >= 11 is 4.46. The third-order valence-corrected chi connectivity index (χ3v) is 1.13. The molecule has 0 aliphatic rings. The summed E-state index contributed by atoms with van der Waals surface area (Å²) in [6.45, 7) is 0.431. The Bertz CT molecular complexity index is 149. The number of nitrogens with zero attached hydrogens (tertiary/aromatic N) is 1. The van der Waals surface area contributed by atoms with Gasteiger partial charge in [0, 0.05) is 18.1 Å². The Morgan fingerprint density at radius 1 is 1.80 bits per heavy atom. The zero-order valence-electron chi connectivity index (χ0n) is 5.32. The van der Waals surface area contributed by atoms with Crippen LogP contribution in [0.1, 0.15) is 6.42 Å². The standard InChI is InChI=1S/C5H8NO2PS/c7-5(8-9)1-2-6-3-4-10/h3-4H,1-2,9H2. The second-order valence-electron chi connectivity index (χ2n) is 1.43. The van der Waals surface area contributed by atoms with Crippen molar-refractivity contribution in [2.45, 2.75) is 6.42 Å². The molecule has 0 amide bonds. The largest absolute Gasteiger partial charge is 0.451 e. The quantitative estimate of drug-likeness (QED) is 0.362. The molecule has 0 aromatic heterocycles. The van der Waals surface area contributed by atoms with Crippen LogP contribution in [-0.2, 0) is 9.32 Å². The first kappa shape index (κ1) is 9.66. The van der Waals surface area contributed by atoms with Crippen molar-refractivity contribution in [3.63, 3.8) is 0 Å². The van der Waals surface area contributed by atoms with E-state index in [4.69, 9.17) is 0 Å². The van der Waals surface area contributed by atoms with Crippen LogP contribution in [0.25, 0.3) is 0 Å². The third-order valence-electron chi connectivity index (χ3n) is 0.743. The van der Waals surface area contributed by atoms with Crippen molar-refractivity contribution < 1.29 is 9.32 Å². The van der Waals surface area contributed by atoms with Crippen LogP contribution in [0.3, 0.4) is 0 Å². The van der Waals surface area contributed by atoms with Gasteiger partial charge in [-0.25, -0.2) is 0 Å². The highest BCUT2D eigenvalue weighted by atomic mass is 32.1. The van der Waals surface area contributed by atoms with Crippen LogP contribution in [0.4, 0.5) is 0 Å². The van der Waals surface area contributed by atoms with E-state index in [1.165, 1.54) is 11.6 Å². The molecule has 0 aliphatic carbocycles. The lowest BCUT2D eigenvalue weighted by Gasteiger charge is -1.92. The Morgan fingerprint density at radius 2 is 2.50 bits per heavy atom. The second-order valence-corrected chi connectivity index (χ2v) is 1.94. The van der Waals surface area contributed by atoms with Crippen molar-refractivity contribution in [3.05, 3.63) is 0 Å². The van der Waals surface area contributed by atoms with E-state index < -0.39 is 0 Å². The first-order chi connectivity index (χ1) is 4.81. The molecule has 0 aromatic rings. The summed E-state index contributed by atoms with van der Waals surface area (Å²) in [5, 5.41) is 1.39. The lowest BCUT2D eigenvalue weighted by atomic mass is 10.4. The van der Waals surface area contributed by atoms with Crippen molar-refractivity contribution in [1.29, 1.82) is 0 Å². The summed E-state index contributed by atoms with van der Waals surface area (Å²) in [5.41, 5.74) is 0. The van der Waals surface area contributed by atoms with E-state index in [0.717, 1.165) is 0 Å². The van der Waals surface area contributed by atoms with Gasteiger partial charge in [0.2, 0.25) is 0 Å². The minimum atomic E-state index is -0.286. The lowest BCUT2D eigenvalue weighted by molar-refractivity contribution is -0.132. The van der Waals surface area contributed by atoms with Gasteiger partial charge < -0.3 is 4.52 Å². The molecule has 5 heteroatoms. The summed E-state index contributed by atoms with van der Waals surface area (Å²) in [6.07, 6.45) is 1.77. The summed E-state index contributed by atoms with van der Waals surface area (Å²) in [4.78, 5) is 14.2. The number of hydrogen-bond donors (Lipinski definition) is 0. The first-order valence-electron chi connectivity index (χ1n) is 2.64. The highest BCUT2D eigenvalue weighted by molar-refractivity contribution is 7.80. The Balaban J connectivity index is 3.27. The molecule has 0 N–H and O–H groups in total. The Morgan fingerprint density at radius 3 is 3.00 bits per heavy atom. The fourth-order valence-corrected chi connectivity index (χ4v) is 0.536. The van der Waals surface area contributed by atoms with Gasteiger partial charge in [0.25, 0.3) is 0 Å². The second kappa shape index (κ2) is 6.78. The van der Waals surface area contributed by atoms with E-state index in [1.807, 2.05) is 9.47 Å². The van der Waals surface area contributed by atoms with Gasteiger partial charge in [0.05, 0.1) is 15.9 Å². The molecule has 0 fully saturated rings. The van der Waals surface area contributed by atoms with Gasteiger partial charge in [-0.15, -0.1) is 0 Å². The summed E-state index contributed by atoms with van der Waals surface area (Å²) in [7, 11) is 1.89. The van der Waals surface area contributed by atoms with Gasteiger partial charge >= 0.3 is 5.97 Å². The summed E-state index contributed by atoms with van der Waals surface area (Å²) in [6, 6.07) is 0. The Hall–Kier alpha value is -0.340. The molecule has 10 heavy (non-hydrogen) atoms. The Kier molecular flexibility index (Phi) is 6.55. The number of carbonyl (C=O) groups excluding carboxylic acids is 1. The molecule has 0 heterocycles. The van der Waals surface area contributed by atoms with Crippen LogP contribution in [-0.4, -0.2) is 24.1 Å². The molecule has 0 saturated heterocycles. The lowest BCUT2D eigenvalue weighted by Crippen LogP contribution is -1.98. The van der Waals surface area contributed by atoms with Crippen LogP contribution in [0.5, 0.6) is 0 Å². The number of carbonyl (C=O) groups is 1. The molecule has 0 rings (SSSR count). The maximum absolute atomic E-state index is 10.4. The molecule has 1 unspecified atom stereocenters. The van der Waals surface area contributed by atoms with Gasteiger partial charge in [0.1, 0.15) is 0 Å². The maximum Gasteiger partial charge on any atom is 0.309 e. The van der Waals surface area contributed by atoms with Crippen LogP contribution in [0.15, 0.2) is 4.99 Å².